The van der Waals surface area contributed by atoms with Crippen LogP contribution in [0.5, 0.6) is 11.8 Å². The lowest BCUT2D eigenvalue weighted by Crippen LogP contribution is -2.20. The summed E-state index contributed by atoms with van der Waals surface area (Å²) >= 11 is 0. The average Bonchev–Trinajstić information content (AvgIpc) is 3.18. The number of rotatable bonds is 1. The van der Waals surface area contributed by atoms with Gasteiger partial charge in [0.1, 0.15) is 41.6 Å². The van der Waals surface area contributed by atoms with Crippen LogP contribution in [0.1, 0.15) is 17.5 Å². The molecule has 3 aromatic rings. The van der Waals surface area contributed by atoms with Crippen molar-refractivity contribution in [3.05, 3.63) is 47.3 Å². The van der Waals surface area contributed by atoms with Crippen LogP contribution in [0.25, 0.3) is 10.9 Å². The van der Waals surface area contributed by atoms with Crippen LogP contribution < -0.4 is 19.1 Å². The summed E-state index contributed by atoms with van der Waals surface area (Å²) in [5.74, 6) is -0.162. The third kappa shape index (κ3) is 4.14. The molecule has 0 amide bonds. The summed E-state index contributed by atoms with van der Waals surface area (Å²) in [4.78, 5) is 8.55. The monoisotopic (exact) mass is 482 g/mol. The van der Waals surface area contributed by atoms with Gasteiger partial charge in [0.15, 0.2) is 0 Å². The molecule has 5 rings (SSSR count). The molecule has 1 fully saturated rings. The van der Waals surface area contributed by atoms with E-state index in [0.717, 1.165) is 6.07 Å². The number of para-hydroxylation sites is 1. The average molecular weight is 482 g/mol. The Bertz CT molecular complexity index is 1250. The molecule has 7 nitrogen and oxygen atoms in total. The van der Waals surface area contributed by atoms with E-state index in [1.807, 2.05) is 0 Å². The van der Waals surface area contributed by atoms with Crippen LogP contribution in [-0.4, -0.2) is 39.7 Å². The van der Waals surface area contributed by atoms with Crippen molar-refractivity contribution in [1.29, 1.82) is 0 Å². The fraction of sp³-hybridized carbons (Fsp3) is 0.333. The van der Waals surface area contributed by atoms with Crippen LogP contribution in [0.15, 0.2) is 30.3 Å². The quantitative estimate of drug-likeness (QED) is 0.528. The predicted molar refractivity (Wildman–Crippen MR) is 114 cm³/mol. The van der Waals surface area contributed by atoms with Crippen molar-refractivity contribution < 1.29 is 31.2 Å². The van der Waals surface area contributed by atoms with Gasteiger partial charge in [0, 0.05) is 35.9 Å². The fourth-order valence-corrected chi connectivity index (χ4v) is 5.14. The minimum atomic E-state index is -4.59. The van der Waals surface area contributed by atoms with Crippen LogP contribution in [0.4, 0.5) is 29.1 Å². The molecule has 0 saturated carbocycles. The lowest BCUT2D eigenvalue weighted by molar-refractivity contribution is -0.139. The standard InChI is InChI=1S/C21H18F4N4O3S/c22-15-10-16-13(9-17(15)29-5-2-8-33(29)30)19-26-11-12-3-1-4-14(21(23,24)25)18(12)31-6-7-32-20(27-16)28-19/h1,3-4,9-10H,2,5-8,11H2,(H,26,27,28). The first-order chi connectivity index (χ1) is 15.8. The first-order valence-corrected chi connectivity index (χ1v) is 11.4. The van der Waals surface area contributed by atoms with Crippen LogP contribution >= 0.6 is 0 Å². The van der Waals surface area contributed by atoms with Crippen molar-refractivity contribution in [3.8, 4) is 11.8 Å². The number of alkyl halides is 3. The fourth-order valence-electron chi connectivity index (χ4n) is 3.85. The molecule has 0 spiro atoms. The zero-order valence-corrected chi connectivity index (χ0v) is 17.9. The largest absolute Gasteiger partial charge is 0.489 e. The molecule has 2 aliphatic rings. The van der Waals surface area contributed by atoms with Crippen molar-refractivity contribution in [1.82, 2.24) is 9.97 Å². The minimum Gasteiger partial charge on any atom is -0.489 e. The molecule has 2 bridgehead atoms. The molecule has 174 valence electrons. The van der Waals surface area contributed by atoms with Crippen molar-refractivity contribution >= 4 is 33.4 Å². The normalized spacial score (nSPS) is 18.7. The van der Waals surface area contributed by atoms with Crippen molar-refractivity contribution in [2.45, 2.75) is 19.1 Å². The van der Waals surface area contributed by atoms with Gasteiger partial charge in [-0.25, -0.2) is 8.60 Å². The molecular weight excluding hydrogens is 464 g/mol. The summed E-state index contributed by atoms with van der Waals surface area (Å²) in [6, 6.07) is 6.45. The van der Waals surface area contributed by atoms with E-state index in [1.54, 1.807) is 0 Å². The maximum absolute atomic E-state index is 14.9. The molecule has 1 saturated heterocycles. The second-order valence-corrected chi connectivity index (χ2v) is 8.99. The summed E-state index contributed by atoms with van der Waals surface area (Å²) < 4.78 is 80.0. The van der Waals surface area contributed by atoms with E-state index in [1.165, 1.54) is 28.6 Å². The van der Waals surface area contributed by atoms with Gasteiger partial charge in [-0.1, -0.05) is 12.1 Å². The Morgan fingerprint density at radius 3 is 2.70 bits per heavy atom. The Labute approximate surface area is 188 Å². The van der Waals surface area contributed by atoms with Crippen LogP contribution in [0.2, 0.25) is 0 Å². The molecule has 12 heteroatoms. The molecule has 1 unspecified atom stereocenters. The van der Waals surface area contributed by atoms with E-state index in [2.05, 4.69) is 15.3 Å². The van der Waals surface area contributed by atoms with Gasteiger partial charge in [0.05, 0.1) is 16.8 Å². The van der Waals surface area contributed by atoms with E-state index in [0.29, 0.717) is 24.1 Å². The van der Waals surface area contributed by atoms with Gasteiger partial charge < -0.3 is 14.8 Å². The summed E-state index contributed by atoms with van der Waals surface area (Å²) in [5, 5.41) is 3.44. The maximum Gasteiger partial charge on any atom is 0.419 e. The van der Waals surface area contributed by atoms with Crippen molar-refractivity contribution in [2.75, 3.05) is 35.1 Å². The Balaban J connectivity index is 1.59. The molecule has 3 heterocycles. The second-order valence-electron chi connectivity index (χ2n) is 7.50. The van der Waals surface area contributed by atoms with E-state index in [4.69, 9.17) is 9.47 Å². The van der Waals surface area contributed by atoms with E-state index >= 15 is 0 Å². The molecule has 0 aliphatic carbocycles. The zero-order chi connectivity index (χ0) is 23.2. The first kappa shape index (κ1) is 21.7. The molecule has 33 heavy (non-hydrogen) atoms. The molecule has 2 aliphatic heterocycles. The van der Waals surface area contributed by atoms with E-state index < -0.39 is 28.5 Å². The molecule has 1 N–H and O–H groups in total. The van der Waals surface area contributed by atoms with Gasteiger partial charge in [0.25, 0.3) is 0 Å². The highest BCUT2D eigenvalue weighted by molar-refractivity contribution is 7.86. The Kier molecular flexibility index (Phi) is 5.47. The number of ether oxygens (including phenoxy) is 2. The topological polar surface area (TPSA) is 76.6 Å². The number of hydrogen-bond donors (Lipinski definition) is 1. The zero-order valence-electron chi connectivity index (χ0n) is 17.1. The molecule has 1 aromatic heterocycles. The number of aromatic nitrogens is 2. The number of nitrogens with one attached hydrogen (secondary N) is 1. The Hall–Kier alpha value is -3.15. The van der Waals surface area contributed by atoms with Crippen LogP contribution in [0.3, 0.4) is 0 Å². The molecule has 1 atom stereocenters. The summed E-state index contributed by atoms with van der Waals surface area (Å²) in [6.07, 6.45) is -3.91. The smallest absolute Gasteiger partial charge is 0.419 e. The van der Waals surface area contributed by atoms with Gasteiger partial charge in [0.2, 0.25) is 0 Å². The second kappa shape index (κ2) is 8.32. The van der Waals surface area contributed by atoms with Gasteiger partial charge in [-0.3, -0.25) is 4.31 Å². The first-order valence-electron chi connectivity index (χ1n) is 10.2. The number of fused-ring (bicyclic) bond motifs is 5. The molecular formula is C21H18F4N4O3S. The highest BCUT2D eigenvalue weighted by Gasteiger charge is 2.35. The van der Waals surface area contributed by atoms with Crippen LogP contribution in [0, 0.1) is 5.82 Å². The number of anilines is 2. The van der Waals surface area contributed by atoms with Gasteiger partial charge in [-0.15, -0.1) is 0 Å². The highest BCUT2D eigenvalue weighted by atomic mass is 32.2. The SMILES string of the molecule is O=S1CCCN1c1cc2c3nc(nc2cc1F)OCCOc1c(cccc1C(F)(F)F)CN3. The minimum absolute atomic E-state index is 0.0346. The Morgan fingerprint density at radius 2 is 1.94 bits per heavy atom. The summed E-state index contributed by atoms with van der Waals surface area (Å²) in [7, 11) is -1.33. The van der Waals surface area contributed by atoms with Crippen molar-refractivity contribution in [3.63, 3.8) is 0 Å². The van der Waals surface area contributed by atoms with Crippen molar-refractivity contribution in [2.24, 2.45) is 0 Å². The van der Waals surface area contributed by atoms with Gasteiger partial charge in [-0.05, 0) is 18.6 Å². The van der Waals surface area contributed by atoms with Crippen LogP contribution in [-0.2, 0) is 23.7 Å². The highest BCUT2D eigenvalue weighted by Crippen LogP contribution is 2.39. The number of benzene rings is 2. The number of hydrogen-bond acceptors (Lipinski definition) is 6. The third-order valence-electron chi connectivity index (χ3n) is 5.35. The predicted octanol–water partition coefficient (Wildman–Crippen LogP) is 4.04. The lowest BCUT2D eigenvalue weighted by Gasteiger charge is -2.19. The van der Waals surface area contributed by atoms with Gasteiger partial charge >= 0.3 is 12.2 Å². The number of halogens is 4. The van der Waals surface area contributed by atoms with E-state index in [9.17, 15) is 21.8 Å². The third-order valence-corrected chi connectivity index (χ3v) is 6.86. The molecule has 2 aromatic carbocycles. The lowest BCUT2D eigenvalue weighted by atomic mass is 10.1. The summed E-state index contributed by atoms with van der Waals surface area (Å²) in [6.45, 7) is 0.146. The van der Waals surface area contributed by atoms with E-state index in [-0.39, 0.29) is 54.1 Å². The van der Waals surface area contributed by atoms with Gasteiger partial charge in [-0.2, -0.15) is 23.1 Å². The number of nitrogens with zero attached hydrogens (tertiary/aromatic N) is 3. The molecule has 0 radical (unpaired) electrons. The maximum atomic E-state index is 14.9. The summed E-state index contributed by atoms with van der Waals surface area (Å²) in [5.41, 5.74) is -0.197. The Morgan fingerprint density at radius 1 is 1.12 bits per heavy atom.